The molecule has 0 saturated carbocycles. The number of aliphatic hydroxyl groups excluding tert-OH is 1. The first-order valence-corrected chi connectivity index (χ1v) is 7.54. The third-order valence-corrected chi connectivity index (χ3v) is 3.59. The second-order valence-corrected chi connectivity index (χ2v) is 5.73. The van der Waals surface area contributed by atoms with E-state index in [4.69, 9.17) is 4.42 Å². The summed E-state index contributed by atoms with van der Waals surface area (Å²) in [6, 6.07) is 5.55. The Bertz CT molecular complexity index is 779. The number of nitrogens with zero attached hydrogens (tertiary/aromatic N) is 3. The summed E-state index contributed by atoms with van der Waals surface area (Å²) in [7, 11) is 3.81. The molecule has 1 unspecified atom stereocenters. The van der Waals surface area contributed by atoms with Crippen molar-refractivity contribution < 1.29 is 9.52 Å². The van der Waals surface area contributed by atoms with Crippen molar-refractivity contribution in [1.29, 1.82) is 0 Å². The molecule has 0 aliphatic rings. The molecule has 0 amide bonds. The summed E-state index contributed by atoms with van der Waals surface area (Å²) in [5.74, 6) is 1.97. The summed E-state index contributed by atoms with van der Waals surface area (Å²) in [6.45, 7) is 2.56. The van der Waals surface area contributed by atoms with Crippen LogP contribution in [0.25, 0.3) is 11.0 Å². The van der Waals surface area contributed by atoms with Crippen molar-refractivity contribution >= 4 is 22.8 Å². The summed E-state index contributed by atoms with van der Waals surface area (Å²) in [5, 5.41) is 14.3. The van der Waals surface area contributed by atoms with E-state index in [1.54, 1.807) is 18.4 Å². The van der Waals surface area contributed by atoms with Crippen LogP contribution in [-0.2, 0) is 0 Å². The predicted octanol–water partition coefficient (Wildman–Crippen LogP) is 2.46. The number of aryl methyl sites for hydroxylation is 1. The first-order chi connectivity index (χ1) is 11.0. The Morgan fingerprint density at radius 2 is 2.22 bits per heavy atom. The maximum atomic E-state index is 10.1. The molecule has 0 aromatic carbocycles. The van der Waals surface area contributed by atoms with Gasteiger partial charge < -0.3 is 24.7 Å². The minimum atomic E-state index is -0.629. The maximum Gasteiger partial charge on any atom is 0.228 e. The van der Waals surface area contributed by atoms with E-state index >= 15 is 0 Å². The van der Waals surface area contributed by atoms with E-state index in [9.17, 15) is 5.11 Å². The molecule has 0 aliphatic heterocycles. The van der Waals surface area contributed by atoms with Crippen LogP contribution < -0.4 is 10.2 Å². The first kappa shape index (κ1) is 15.4. The van der Waals surface area contributed by atoms with Crippen LogP contribution in [0.5, 0.6) is 0 Å². The van der Waals surface area contributed by atoms with Gasteiger partial charge in [0, 0.05) is 26.3 Å². The number of nitrogens with one attached hydrogen (secondary N) is 2. The van der Waals surface area contributed by atoms with Gasteiger partial charge >= 0.3 is 0 Å². The fraction of sp³-hybridized carbons (Fsp3) is 0.375. The van der Waals surface area contributed by atoms with E-state index < -0.39 is 6.10 Å². The molecule has 0 radical (unpaired) electrons. The van der Waals surface area contributed by atoms with Crippen LogP contribution in [-0.4, -0.2) is 40.7 Å². The molecule has 3 aromatic rings. The Balaban J connectivity index is 1.76. The van der Waals surface area contributed by atoms with Gasteiger partial charge in [-0.15, -0.1) is 0 Å². The lowest BCUT2D eigenvalue weighted by molar-refractivity contribution is 0.144. The topological polar surface area (TPSA) is 90.2 Å². The Kier molecular flexibility index (Phi) is 4.20. The van der Waals surface area contributed by atoms with Crippen molar-refractivity contribution in [2.45, 2.75) is 19.4 Å². The standard InChI is InChI=1S/C16H21N5O2/c1-10-9-11-14(19-16(21(2)3)20-15(11)18-10)17-7-6-12(22)13-5-4-8-23-13/h4-5,8-9,12,22H,6-7H2,1-3H3,(H2,17,18,19,20). The number of aromatic nitrogens is 3. The van der Waals surface area contributed by atoms with Gasteiger partial charge in [0.1, 0.15) is 23.3 Å². The largest absolute Gasteiger partial charge is 0.467 e. The van der Waals surface area contributed by atoms with Gasteiger partial charge in [-0.1, -0.05) is 0 Å². The highest BCUT2D eigenvalue weighted by Crippen LogP contribution is 2.24. The highest BCUT2D eigenvalue weighted by Gasteiger charge is 2.13. The lowest BCUT2D eigenvalue weighted by atomic mass is 10.2. The number of hydrogen-bond donors (Lipinski definition) is 3. The molecule has 3 rings (SSSR count). The van der Waals surface area contributed by atoms with E-state index in [2.05, 4.69) is 20.3 Å². The molecule has 3 heterocycles. The number of rotatable bonds is 6. The number of anilines is 2. The summed E-state index contributed by atoms with van der Waals surface area (Å²) in [4.78, 5) is 14.1. The van der Waals surface area contributed by atoms with E-state index in [0.717, 1.165) is 22.5 Å². The molecule has 7 heteroatoms. The Labute approximate surface area is 134 Å². The first-order valence-electron chi connectivity index (χ1n) is 7.54. The Morgan fingerprint density at radius 3 is 2.91 bits per heavy atom. The van der Waals surface area contributed by atoms with Crippen molar-refractivity contribution in [3.05, 3.63) is 35.9 Å². The number of furan rings is 1. The van der Waals surface area contributed by atoms with Gasteiger partial charge in [0.25, 0.3) is 0 Å². The van der Waals surface area contributed by atoms with Gasteiger partial charge in [-0.25, -0.2) is 0 Å². The lowest BCUT2D eigenvalue weighted by Crippen LogP contribution is -2.15. The number of H-pyrrole nitrogens is 1. The number of fused-ring (bicyclic) bond motifs is 1. The number of aromatic amines is 1. The van der Waals surface area contributed by atoms with Crippen molar-refractivity contribution in [3.63, 3.8) is 0 Å². The zero-order valence-electron chi connectivity index (χ0n) is 13.5. The van der Waals surface area contributed by atoms with Crippen LogP contribution in [0.4, 0.5) is 11.8 Å². The fourth-order valence-electron chi connectivity index (χ4n) is 2.41. The highest BCUT2D eigenvalue weighted by atomic mass is 16.4. The highest BCUT2D eigenvalue weighted by molar-refractivity contribution is 5.88. The molecule has 0 fully saturated rings. The van der Waals surface area contributed by atoms with Gasteiger partial charge in [-0.05, 0) is 31.5 Å². The molecule has 0 aliphatic carbocycles. The molecule has 7 nitrogen and oxygen atoms in total. The van der Waals surface area contributed by atoms with Gasteiger partial charge in [0.05, 0.1) is 11.6 Å². The normalized spacial score (nSPS) is 12.5. The Hall–Kier alpha value is -2.54. The van der Waals surface area contributed by atoms with Crippen molar-refractivity contribution in [1.82, 2.24) is 15.0 Å². The van der Waals surface area contributed by atoms with E-state index in [0.29, 0.717) is 24.7 Å². The third-order valence-electron chi connectivity index (χ3n) is 3.59. The van der Waals surface area contributed by atoms with Crippen LogP contribution in [0.3, 0.4) is 0 Å². The van der Waals surface area contributed by atoms with Crippen LogP contribution in [0.1, 0.15) is 24.0 Å². The maximum absolute atomic E-state index is 10.1. The van der Waals surface area contributed by atoms with Crippen molar-refractivity contribution in [2.24, 2.45) is 0 Å². The SMILES string of the molecule is Cc1cc2c(NCCC(O)c3ccco3)nc(N(C)C)nc2[nH]1. The molecular formula is C16H21N5O2. The van der Waals surface area contributed by atoms with Crippen LogP contribution >= 0.6 is 0 Å². The number of hydrogen-bond acceptors (Lipinski definition) is 6. The second kappa shape index (κ2) is 6.29. The zero-order chi connectivity index (χ0) is 16.4. The van der Waals surface area contributed by atoms with Crippen molar-refractivity contribution in [2.75, 3.05) is 30.9 Å². The third kappa shape index (κ3) is 3.29. The number of aliphatic hydroxyl groups is 1. The van der Waals surface area contributed by atoms with Gasteiger partial charge in [-0.2, -0.15) is 9.97 Å². The van der Waals surface area contributed by atoms with Crippen LogP contribution in [0.2, 0.25) is 0 Å². The molecule has 0 spiro atoms. The van der Waals surface area contributed by atoms with Crippen molar-refractivity contribution in [3.8, 4) is 0 Å². The molecule has 3 N–H and O–H groups in total. The van der Waals surface area contributed by atoms with Crippen LogP contribution in [0, 0.1) is 6.92 Å². The van der Waals surface area contributed by atoms with Gasteiger partial charge in [0.2, 0.25) is 5.95 Å². The van der Waals surface area contributed by atoms with E-state index in [1.807, 2.05) is 32.0 Å². The second-order valence-electron chi connectivity index (χ2n) is 5.73. The molecule has 1 atom stereocenters. The van der Waals surface area contributed by atoms with E-state index in [-0.39, 0.29) is 0 Å². The average Bonchev–Trinajstić information content (AvgIpc) is 3.14. The predicted molar refractivity (Wildman–Crippen MR) is 89.7 cm³/mol. The minimum Gasteiger partial charge on any atom is -0.467 e. The fourth-order valence-corrected chi connectivity index (χ4v) is 2.41. The van der Waals surface area contributed by atoms with Gasteiger partial charge in [-0.3, -0.25) is 0 Å². The smallest absolute Gasteiger partial charge is 0.228 e. The summed E-state index contributed by atoms with van der Waals surface area (Å²) in [5.41, 5.74) is 1.83. The molecule has 23 heavy (non-hydrogen) atoms. The zero-order valence-corrected chi connectivity index (χ0v) is 13.5. The lowest BCUT2D eigenvalue weighted by Gasteiger charge is -2.14. The molecule has 0 saturated heterocycles. The monoisotopic (exact) mass is 315 g/mol. The minimum absolute atomic E-state index is 0.527. The van der Waals surface area contributed by atoms with Crippen LogP contribution in [0.15, 0.2) is 28.9 Å². The average molecular weight is 315 g/mol. The molecule has 3 aromatic heterocycles. The summed E-state index contributed by atoms with van der Waals surface area (Å²) >= 11 is 0. The summed E-state index contributed by atoms with van der Waals surface area (Å²) < 4.78 is 5.21. The molecule has 0 bridgehead atoms. The molecule has 122 valence electrons. The molecular weight excluding hydrogens is 294 g/mol. The van der Waals surface area contributed by atoms with E-state index in [1.165, 1.54) is 0 Å². The van der Waals surface area contributed by atoms with Gasteiger partial charge in [0.15, 0.2) is 0 Å². The summed E-state index contributed by atoms with van der Waals surface area (Å²) in [6.07, 6.45) is 1.46. The quantitative estimate of drug-likeness (QED) is 0.647. The Morgan fingerprint density at radius 1 is 1.39 bits per heavy atom.